The number of nitrogens with zero attached hydrogens (tertiary/aromatic N) is 1. The van der Waals surface area contributed by atoms with Crippen molar-refractivity contribution in [1.29, 1.82) is 0 Å². The molecule has 1 aromatic heterocycles. The van der Waals surface area contributed by atoms with Gasteiger partial charge < -0.3 is 15.6 Å². The molecular weight excluding hydrogens is 328 g/mol. The molecule has 1 aliphatic rings. The fourth-order valence-electron chi connectivity index (χ4n) is 3.56. The van der Waals surface area contributed by atoms with Crippen LogP contribution in [-0.4, -0.2) is 29.3 Å². The second kappa shape index (κ2) is 7.56. The number of carboxylic acids is 1. The number of fused-ring (bicyclic) bond motifs is 1. The molecule has 5 nitrogen and oxygen atoms in total. The van der Waals surface area contributed by atoms with Crippen molar-refractivity contribution in [3.8, 4) is 0 Å². The molecule has 1 atom stereocenters. The lowest BCUT2D eigenvalue weighted by Crippen LogP contribution is -2.35. The smallest absolute Gasteiger partial charge is 0.313 e. The number of carbonyl (C=O) groups is 1. The van der Waals surface area contributed by atoms with E-state index >= 15 is 0 Å². The van der Waals surface area contributed by atoms with Gasteiger partial charge in [0.25, 0.3) is 0 Å². The maximum Gasteiger partial charge on any atom is 0.313 e. The minimum Gasteiger partial charge on any atom is -0.481 e. The Bertz CT molecular complexity index is 821. The number of methoxy groups -OCH3 is 1. The van der Waals surface area contributed by atoms with Gasteiger partial charge in [0, 0.05) is 18.5 Å². The molecule has 3 rings (SSSR count). The van der Waals surface area contributed by atoms with Gasteiger partial charge in [-0.15, -0.1) is 0 Å². The first-order valence-corrected chi connectivity index (χ1v) is 9.05. The second-order valence-electron chi connectivity index (χ2n) is 7.21. The largest absolute Gasteiger partial charge is 0.481 e. The Hall–Kier alpha value is -2.24. The zero-order valence-corrected chi connectivity index (χ0v) is 15.3. The molecule has 0 unspecified atom stereocenters. The highest BCUT2D eigenvalue weighted by molar-refractivity contribution is 5.83. The number of pyridine rings is 1. The molecule has 1 saturated carbocycles. The number of aliphatic carboxylic acids is 1. The molecule has 1 aliphatic carbocycles. The van der Waals surface area contributed by atoms with E-state index in [-0.39, 0.29) is 12.1 Å². The molecule has 2 aromatic rings. The number of ether oxygens (including phenoxy) is 1. The summed E-state index contributed by atoms with van der Waals surface area (Å²) in [5, 5.41) is 10.8. The van der Waals surface area contributed by atoms with Crippen LogP contribution in [-0.2, 0) is 9.53 Å². The number of hydrogen-bond donors (Lipinski definition) is 2. The number of aromatic nitrogens is 1. The molecular formula is C21H26N2O3. The van der Waals surface area contributed by atoms with E-state index in [0.717, 1.165) is 35.0 Å². The fraction of sp³-hybridized carbons (Fsp3) is 0.429. The van der Waals surface area contributed by atoms with Crippen molar-refractivity contribution in [2.45, 2.75) is 44.8 Å². The van der Waals surface area contributed by atoms with Gasteiger partial charge in [-0.1, -0.05) is 30.4 Å². The predicted molar refractivity (Wildman–Crippen MR) is 103 cm³/mol. The molecule has 0 amide bonds. The molecule has 1 fully saturated rings. The Morgan fingerprint density at radius 2 is 2.04 bits per heavy atom. The third kappa shape index (κ3) is 3.79. The summed E-state index contributed by atoms with van der Waals surface area (Å²) in [6.45, 7) is 1.91. The Morgan fingerprint density at radius 1 is 1.35 bits per heavy atom. The van der Waals surface area contributed by atoms with E-state index in [1.54, 1.807) is 7.11 Å². The van der Waals surface area contributed by atoms with Crippen molar-refractivity contribution in [2.24, 2.45) is 11.1 Å². The highest BCUT2D eigenvalue weighted by Crippen LogP contribution is 2.39. The lowest BCUT2D eigenvalue weighted by Gasteiger charge is -2.34. The van der Waals surface area contributed by atoms with Gasteiger partial charge >= 0.3 is 5.97 Å². The highest BCUT2D eigenvalue weighted by Gasteiger charge is 2.39. The van der Waals surface area contributed by atoms with Crippen LogP contribution in [0, 0.1) is 5.41 Å². The average molecular weight is 354 g/mol. The fourth-order valence-corrected chi connectivity index (χ4v) is 3.56. The van der Waals surface area contributed by atoms with Crippen LogP contribution in [0.1, 0.15) is 49.9 Å². The molecule has 26 heavy (non-hydrogen) atoms. The number of rotatable bonds is 5. The molecule has 0 bridgehead atoms. The van der Waals surface area contributed by atoms with Crippen molar-refractivity contribution in [1.82, 2.24) is 4.98 Å². The molecule has 1 aromatic carbocycles. The highest BCUT2D eigenvalue weighted by atomic mass is 16.5. The zero-order chi connectivity index (χ0) is 18.7. The van der Waals surface area contributed by atoms with Gasteiger partial charge in [-0.25, -0.2) is 0 Å². The van der Waals surface area contributed by atoms with Gasteiger partial charge in [-0.05, 0) is 50.3 Å². The van der Waals surface area contributed by atoms with Crippen molar-refractivity contribution in [3.63, 3.8) is 0 Å². The Labute approximate surface area is 153 Å². The van der Waals surface area contributed by atoms with Gasteiger partial charge in [0.2, 0.25) is 0 Å². The van der Waals surface area contributed by atoms with E-state index in [0.29, 0.717) is 12.8 Å². The van der Waals surface area contributed by atoms with E-state index < -0.39 is 11.4 Å². The Balaban J connectivity index is 1.87. The molecule has 0 saturated heterocycles. The first-order chi connectivity index (χ1) is 12.4. The summed E-state index contributed by atoms with van der Waals surface area (Å²) in [5.74, 6) is -0.763. The van der Waals surface area contributed by atoms with Crippen LogP contribution in [0.15, 0.2) is 36.4 Å². The van der Waals surface area contributed by atoms with Crippen LogP contribution in [0.25, 0.3) is 17.0 Å². The van der Waals surface area contributed by atoms with Crippen LogP contribution in [0.5, 0.6) is 0 Å². The minimum absolute atomic E-state index is 0.121. The molecule has 0 spiro atoms. The molecule has 1 heterocycles. The zero-order valence-electron chi connectivity index (χ0n) is 15.3. The van der Waals surface area contributed by atoms with Gasteiger partial charge in [0.15, 0.2) is 0 Å². The van der Waals surface area contributed by atoms with Crippen LogP contribution in [0.4, 0.5) is 0 Å². The number of hydrogen-bond acceptors (Lipinski definition) is 4. The summed E-state index contributed by atoms with van der Waals surface area (Å²) in [7, 11) is 1.69. The third-order valence-electron chi connectivity index (χ3n) is 5.38. The predicted octanol–water partition coefficient (Wildman–Crippen LogP) is 3.93. The summed E-state index contributed by atoms with van der Waals surface area (Å²) in [4.78, 5) is 16.5. The molecule has 0 aliphatic heterocycles. The van der Waals surface area contributed by atoms with E-state index in [1.807, 2.05) is 49.4 Å². The van der Waals surface area contributed by atoms with E-state index in [2.05, 4.69) is 4.98 Å². The third-order valence-corrected chi connectivity index (χ3v) is 5.38. The molecule has 138 valence electrons. The first kappa shape index (κ1) is 18.5. The minimum atomic E-state index is -0.814. The van der Waals surface area contributed by atoms with Crippen molar-refractivity contribution in [3.05, 3.63) is 47.7 Å². The van der Waals surface area contributed by atoms with Crippen molar-refractivity contribution in [2.75, 3.05) is 7.11 Å². The Morgan fingerprint density at radius 3 is 2.65 bits per heavy atom. The average Bonchev–Trinajstić information content (AvgIpc) is 2.65. The van der Waals surface area contributed by atoms with E-state index in [1.165, 1.54) is 0 Å². The molecule has 3 N–H and O–H groups in total. The lowest BCUT2D eigenvalue weighted by molar-refractivity contribution is -0.148. The monoisotopic (exact) mass is 354 g/mol. The van der Waals surface area contributed by atoms with Crippen LogP contribution in [0.3, 0.4) is 0 Å². The summed E-state index contributed by atoms with van der Waals surface area (Å²) < 4.78 is 5.37. The van der Waals surface area contributed by atoms with Gasteiger partial charge in [0.1, 0.15) is 0 Å². The van der Waals surface area contributed by atoms with E-state index in [4.69, 9.17) is 10.5 Å². The molecule has 0 radical (unpaired) electrons. The summed E-state index contributed by atoms with van der Waals surface area (Å²) in [5.41, 5.74) is 7.77. The normalized spacial score (nSPS) is 24.8. The standard InChI is InChI=1S/C21H26N2O3/c1-14(22)18-6-5-16-4-3-15(13-19(16)23-18)7-10-21(20(24)25)11-8-17(26-2)9-12-21/h3-7,10,13-14,17H,8-9,11-12,22H2,1-2H3,(H,24,25)/b10-7+/t14-,17?,21?/m1/s1. The molecule has 5 heteroatoms. The number of benzene rings is 1. The second-order valence-corrected chi connectivity index (χ2v) is 7.21. The van der Waals surface area contributed by atoms with Gasteiger partial charge in [-0.3, -0.25) is 9.78 Å². The van der Waals surface area contributed by atoms with Crippen LogP contribution < -0.4 is 5.73 Å². The summed E-state index contributed by atoms with van der Waals surface area (Å²) >= 11 is 0. The summed E-state index contributed by atoms with van der Waals surface area (Å²) in [6, 6.07) is 9.80. The summed E-state index contributed by atoms with van der Waals surface area (Å²) in [6.07, 6.45) is 6.64. The quantitative estimate of drug-likeness (QED) is 0.850. The Kier molecular flexibility index (Phi) is 5.39. The van der Waals surface area contributed by atoms with Crippen LogP contribution >= 0.6 is 0 Å². The van der Waals surface area contributed by atoms with Crippen molar-refractivity contribution >= 4 is 22.9 Å². The maximum absolute atomic E-state index is 11.9. The SMILES string of the molecule is COC1CCC(/C=C/c2ccc3ccc([C@@H](C)N)nc3c2)(C(=O)O)CC1. The van der Waals surface area contributed by atoms with Gasteiger partial charge in [0.05, 0.1) is 22.7 Å². The first-order valence-electron chi connectivity index (χ1n) is 9.05. The number of carboxylic acid groups (broad SMARTS) is 1. The topological polar surface area (TPSA) is 85.4 Å². The van der Waals surface area contributed by atoms with E-state index in [9.17, 15) is 9.90 Å². The number of nitrogens with two attached hydrogens (primary N) is 1. The van der Waals surface area contributed by atoms with Gasteiger partial charge in [-0.2, -0.15) is 0 Å². The lowest BCUT2D eigenvalue weighted by atomic mass is 9.72. The van der Waals surface area contributed by atoms with Crippen LogP contribution in [0.2, 0.25) is 0 Å². The maximum atomic E-state index is 11.9. The van der Waals surface area contributed by atoms with Crippen molar-refractivity contribution < 1.29 is 14.6 Å².